The van der Waals surface area contributed by atoms with Crippen molar-refractivity contribution < 1.29 is 37.3 Å². The summed E-state index contributed by atoms with van der Waals surface area (Å²) in [5.74, 6) is 0.826. The number of benzene rings is 4. The smallest absolute Gasteiger partial charge is 0.243 e. The van der Waals surface area contributed by atoms with Crippen molar-refractivity contribution in [3.8, 4) is 11.2 Å². The molecule has 0 bridgehead atoms. The van der Waals surface area contributed by atoms with Gasteiger partial charge in [-0.25, -0.2) is 31.8 Å². The van der Waals surface area contributed by atoms with Crippen LogP contribution in [-0.2, 0) is 25.5 Å². The third-order valence-corrected chi connectivity index (χ3v) is 18.6. The van der Waals surface area contributed by atoms with Crippen molar-refractivity contribution in [2.75, 3.05) is 62.8 Å². The number of nitrogens with zero attached hydrogens (tertiary/aromatic N) is 11. The number of thiazole rings is 2. The molecule has 4 aromatic carbocycles. The minimum absolute atomic E-state index is 0.0136. The summed E-state index contributed by atoms with van der Waals surface area (Å²) >= 11 is 2.40. The van der Waals surface area contributed by atoms with Crippen LogP contribution in [0.25, 0.3) is 25.6 Å². The molecule has 8 rings (SSSR count). The number of pyridine rings is 1. The molecule has 0 fully saturated rings. The van der Waals surface area contributed by atoms with E-state index in [1.165, 1.54) is 34.2 Å². The first-order valence-electron chi connectivity index (χ1n) is 24.9. The van der Waals surface area contributed by atoms with Crippen molar-refractivity contribution in [2.24, 2.45) is 10.2 Å². The lowest BCUT2D eigenvalue weighted by atomic mass is 9.90. The second-order valence-corrected chi connectivity index (χ2v) is 25.8. The molecule has 0 amide bonds. The molecule has 0 radical (unpaired) electrons. The molecule has 0 atom stereocenters. The number of aromatic nitrogens is 5. The number of hydrogen-bond acceptors (Lipinski definition) is 19. The first-order chi connectivity index (χ1) is 36.9. The van der Waals surface area contributed by atoms with E-state index in [4.69, 9.17) is 30.3 Å². The van der Waals surface area contributed by atoms with Crippen molar-refractivity contribution in [3.05, 3.63) is 117 Å². The van der Waals surface area contributed by atoms with Gasteiger partial charge in [-0.05, 0) is 119 Å². The van der Waals surface area contributed by atoms with Crippen molar-refractivity contribution in [3.63, 3.8) is 0 Å². The van der Waals surface area contributed by atoms with Crippen LogP contribution in [0.15, 0.2) is 86.7 Å². The average Bonchev–Trinajstić information content (AvgIpc) is 4.28. The Hall–Kier alpha value is -6.63. The minimum atomic E-state index is -4.11. The predicted molar refractivity (Wildman–Crippen MR) is 305 cm³/mol. The van der Waals surface area contributed by atoms with Gasteiger partial charge in [-0.3, -0.25) is 4.90 Å². The van der Waals surface area contributed by atoms with Crippen molar-refractivity contribution in [1.82, 2.24) is 33.3 Å². The molecule has 4 heterocycles. The summed E-state index contributed by atoms with van der Waals surface area (Å²) in [6.45, 7) is 17.2. The average molecular weight is 1140 g/mol. The molecule has 8 aromatic rings. The second-order valence-electron chi connectivity index (χ2n) is 20.0. The molecule has 0 saturated carbocycles. The third kappa shape index (κ3) is 11.4. The minimum Gasteiger partial charge on any atom is -0.395 e. The standard InChI is InChI=1S/C54H62N12O8S4/c1-31-23-33(3)46(34(4)24-31)59-50-47(60-61-51-40(30-55)49(54(8,9)10)62-66(51)53-57-42-14-12-39(29-44(42)76-53)78(73,74)64(17-21-69)18-22-70)35(5)27-45(58-50)65(48-36(6)25-32(2)26-37(48)7)52-56-41-13-11-38(28-43(41)75-52)77(71,72)63(15-19-67)16-20-68/h11-14,23-29,67-70H,15-22H2,1-10H3,(H,58,59). The molecule has 0 aliphatic heterocycles. The number of aliphatic hydroxyl groups is 4. The Bertz CT molecular complexity index is 3840. The van der Waals surface area contributed by atoms with E-state index in [2.05, 4.69) is 35.7 Å². The van der Waals surface area contributed by atoms with Gasteiger partial charge in [0.05, 0.1) is 68.0 Å². The van der Waals surface area contributed by atoms with Crippen LogP contribution in [0.1, 0.15) is 71.0 Å². The van der Waals surface area contributed by atoms with Gasteiger partial charge < -0.3 is 25.7 Å². The van der Waals surface area contributed by atoms with E-state index < -0.39 is 51.9 Å². The van der Waals surface area contributed by atoms with Gasteiger partial charge in [0.2, 0.25) is 25.2 Å². The summed E-state index contributed by atoms with van der Waals surface area (Å²) in [4.78, 5) is 17.1. The molecule has 78 heavy (non-hydrogen) atoms. The molecule has 4 aromatic heterocycles. The number of aliphatic hydroxyl groups excluding tert-OH is 4. The van der Waals surface area contributed by atoms with Crippen LogP contribution >= 0.6 is 22.7 Å². The molecule has 24 heteroatoms. The van der Waals surface area contributed by atoms with Gasteiger partial charge in [0.15, 0.2) is 16.8 Å². The van der Waals surface area contributed by atoms with Crippen LogP contribution in [0.2, 0.25) is 0 Å². The molecule has 20 nitrogen and oxygen atoms in total. The molecule has 0 unspecified atom stereocenters. The SMILES string of the molecule is Cc1cc(C)c(Nc2nc(N(c3nc4ccc(S(=O)(=O)N(CCO)CCO)cc4s3)c3c(C)cc(C)cc3C)cc(C)c2N=Nc2c(C#N)c(C(C)(C)C)nn2-c2nc3ccc(S(=O)(=O)N(CCO)CCO)cc3s2)c(C)c1. The highest BCUT2D eigenvalue weighted by atomic mass is 32.2. The van der Waals surface area contributed by atoms with Gasteiger partial charge in [-0.1, -0.05) is 78.8 Å². The maximum Gasteiger partial charge on any atom is 0.243 e. The Morgan fingerprint density at radius 3 is 1.65 bits per heavy atom. The van der Waals surface area contributed by atoms with Gasteiger partial charge in [0.1, 0.15) is 23.1 Å². The summed E-state index contributed by atoms with van der Waals surface area (Å²) in [7, 11) is -8.21. The summed E-state index contributed by atoms with van der Waals surface area (Å²) in [6.07, 6.45) is 0. The van der Waals surface area contributed by atoms with Gasteiger partial charge in [0, 0.05) is 37.3 Å². The molecular weight excluding hydrogens is 1070 g/mol. The number of anilines is 5. The largest absolute Gasteiger partial charge is 0.395 e. The number of nitrogens with one attached hydrogen (secondary N) is 1. The lowest BCUT2D eigenvalue weighted by molar-refractivity contribution is 0.217. The molecule has 410 valence electrons. The zero-order valence-electron chi connectivity index (χ0n) is 45.0. The molecule has 5 N–H and O–H groups in total. The van der Waals surface area contributed by atoms with Gasteiger partial charge >= 0.3 is 0 Å². The van der Waals surface area contributed by atoms with E-state index >= 15 is 0 Å². The summed E-state index contributed by atoms with van der Waals surface area (Å²) < 4.78 is 59.5. The van der Waals surface area contributed by atoms with Crippen LogP contribution in [-0.4, -0.2) is 123 Å². The molecule has 0 aliphatic carbocycles. The lowest BCUT2D eigenvalue weighted by Gasteiger charge is -2.27. The zero-order valence-corrected chi connectivity index (χ0v) is 48.2. The van der Waals surface area contributed by atoms with Gasteiger partial charge in [-0.2, -0.15) is 23.7 Å². The summed E-state index contributed by atoms with van der Waals surface area (Å²) in [5, 5.41) is 68.4. The van der Waals surface area contributed by atoms with Crippen LogP contribution in [0, 0.1) is 59.8 Å². The van der Waals surface area contributed by atoms with E-state index in [1.54, 1.807) is 18.2 Å². The Kier molecular flexibility index (Phi) is 17.0. The number of sulfonamides is 2. The predicted octanol–water partition coefficient (Wildman–Crippen LogP) is 9.39. The molecule has 0 aliphatic rings. The fourth-order valence-electron chi connectivity index (χ4n) is 9.41. The Balaban J connectivity index is 1.32. The van der Waals surface area contributed by atoms with Crippen molar-refractivity contribution in [1.29, 1.82) is 5.26 Å². The first kappa shape index (κ1) is 57.5. The fraction of sp³-hybridized carbons (Fsp3) is 0.352. The van der Waals surface area contributed by atoms with Crippen LogP contribution in [0.5, 0.6) is 0 Å². The highest BCUT2D eigenvalue weighted by Gasteiger charge is 2.32. The number of rotatable bonds is 20. The number of azo groups is 1. The lowest BCUT2D eigenvalue weighted by Crippen LogP contribution is -2.35. The normalized spacial score (nSPS) is 12.5. The fourth-order valence-corrected chi connectivity index (χ4v) is 14.4. The second kappa shape index (κ2) is 23.0. The maximum atomic E-state index is 13.8. The van der Waals surface area contributed by atoms with Crippen LogP contribution in [0.4, 0.5) is 39.6 Å². The zero-order chi connectivity index (χ0) is 56.6. The van der Waals surface area contributed by atoms with E-state index in [1.807, 2.05) is 80.2 Å². The number of hydrogen-bond donors (Lipinski definition) is 5. The monoisotopic (exact) mass is 1130 g/mol. The quantitative estimate of drug-likeness (QED) is 0.0445. The Morgan fingerprint density at radius 2 is 1.15 bits per heavy atom. The third-order valence-electron chi connectivity index (χ3n) is 12.8. The topological polar surface area (TPSA) is 276 Å². The Morgan fingerprint density at radius 1 is 0.654 bits per heavy atom. The van der Waals surface area contributed by atoms with E-state index in [0.29, 0.717) is 54.1 Å². The van der Waals surface area contributed by atoms with Crippen LogP contribution < -0.4 is 10.2 Å². The van der Waals surface area contributed by atoms with Gasteiger partial charge in [-0.15, -0.1) is 10.2 Å². The number of nitriles is 1. The highest BCUT2D eigenvalue weighted by Crippen LogP contribution is 2.46. The summed E-state index contributed by atoms with van der Waals surface area (Å²) in [5.41, 5.74) is 9.27. The summed E-state index contributed by atoms with van der Waals surface area (Å²) in [6, 6.07) is 21.5. The van der Waals surface area contributed by atoms with Gasteiger partial charge in [0.25, 0.3) is 0 Å². The van der Waals surface area contributed by atoms with Crippen molar-refractivity contribution >= 4 is 103 Å². The highest BCUT2D eigenvalue weighted by molar-refractivity contribution is 7.89. The van der Waals surface area contributed by atoms with Crippen molar-refractivity contribution in [2.45, 2.75) is 84.4 Å². The molecule has 0 spiro atoms. The first-order valence-corrected chi connectivity index (χ1v) is 29.4. The molecule has 0 saturated heterocycles. The van der Waals surface area contributed by atoms with E-state index in [-0.39, 0.29) is 52.5 Å². The Labute approximate surface area is 461 Å². The maximum absolute atomic E-state index is 13.8. The number of fused-ring (bicyclic) bond motifs is 2. The van der Waals surface area contributed by atoms with E-state index in [0.717, 1.165) is 64.7 Å². The van der Waals surface area contributed by atoms with Crippen LogP contribution in [0.3, 0.4) is 0 Å². The number of aryl methyl sites for hydroxylation is 7. The van der Waals surface area contributed by atoms with E-state index in [9.17, 15) is 42.5 Å². The molecular formula is C54H62N12O8S4.